The van der Waals surface area contributed by atoms with Gasteiger partial charge in [0.1, 0.15) is 23.9 Å². The highest BCUT2D eigenvalue weighted by atomic mass is 16.5. The second-order valence-corrected chi connectivity index (χ2v) is 15.9. The van der Waals surface area contributed by atoms with Gasteiger partial charge in [-0.2, -0.15) is 4.98 Å². The largest absolute Gasteiger partial charge is 0.508 e. The van der Waals surface area contributed by atoms with Gasteiger partial charge in [0.05, 0.1) is 12.0 Å². The summed E-state index contributed by atoms with van der Waals surface area (Å²) >= 11 is 0. The van der Waals surface area contributed by atoms with Gasteiger partial charge in [0, 0.05) is 44.4 Å². The van der Waals surface area contributed by atoms with Crippen molar-refractivity contribution < 1.29 is 29.1 Å². The van der Waals surface area contributed by atoms with Crippen molar-refractivity contribution in [2.24, 2.45) is 23.2 Å². The number of nitrogens with zero attached hydrogens (tertiary/aromatic N) is 5. The Kier molecular flexibility index (Phi) is 10.6. The lowest BCUT2D eigenvalue weighted by Crippen LogP contribution is -2.55. The van der Waals surface area contributed by atoms with E-state index in [4.69, 9.17) is 15.2 Å². The Hall–Kier alpha value is -5.41. The van der Waals surface area contributed by atoms with E-state index in [1.807, 2.05) is 13.8 Å². The van der Waals surface area contributed by atoms with E-state index in [0.29, 0.717) is 30.4 Å². The molecule has 1 aromatic carbocycles. The van der Waals surface area contributed by atoms with Gasteiger partial charge in [-0.15, -0.1) is 0 Å². The zero-order chi connectivity index (χ0) is 38.0. The summed E-state index contributed by atoms with van der Waals surface area (Å²) in [5, 5.41) is 32.4. The fourth-order valence-electron chi connectivity index (χ4n) is 9.80. The maximum Gasteiger partial charge on any atom is 0.405 e. The number of nitrogen functional groups attached to an aromatic ring is 1. The van der Waals surface area contributed by atoms with E-state index in [1.165, 1.54) is 38.5 Å². The van der Waals surface area contributed by atoms with Crippen LogP contribution in [0.2, 0.25) is 0 Å². The lowest BCUT2D eigenvalue weighted by Gasteiger charge is -2.56. The third-order valence-electron chi connectivity index (χ3n) is 11.7. The van der Waals surface area contributed by atoms with Gasteiger partial charge in [-0.25, -0.2) is 14.8 Å². The normalized spacial score (nSPS) is 23.1. The fourth-order valence-corrected chi connectivity index (χ4v) is 9.80. The number of phenolic OH excluding ortho intramolecular Hbond substituents is 1. The van der Waals surface area contributed by atoms with Crippen LogP contribution in [0.5, 0.6) is 5.75 Å². The summed E-state index contributed by atoms with van der Waals surface area (Å²) in [4.78, 5) is 56.2. The number of phenols is 1. The molecule has 3 heterocycles. The van der Waals surface area contributed by atoms with Gasteiger partial charge in [-0.3, -0.25) is 9.59 Å². The van der Waals surface area contributed by atoms with E-state index in [-0.39, 0.29) is 36.3 Å². The number of carboxylic acid groups (broad SMARTS) is 1. The zero-order valence-corrected chi connectivity index (χ0v) is 30.8. The zero-order valence-electron chi connectivity index (χ0n) is 30.8. The molecule has 4 fully saturated rings. The number of benzene rings is 1. The maximum absolute atomic E-state index is 14.4. The number of aryl methyl sites for hydroxylation is 3. The summed E-state index contributed by atoms with van der Waals surface area (Å²) in [6, 6.07) is 0.124. The minimum Gasteiger partial charge on any atom is -0.508 e. The van der Waals surface area contributed by atoms with Crippen molar-refractivity contribution in [1.29, 1.82) is 0 Å². The van der Waals surface area contributed by atoms with Crippen molar-refractivity contribution in [3.63, 3.8) is 0 Å². The smallest absolute Gasteiger partial charge is 0.405 e. The van der Waals surface area contributed by atoms with Crippen LogP contribution in [0, 0.1) is 37.0 Å². The number of anilines is 1. The van der Waals surface area contributed by atoms with Gasteiger partial charge in [0.25, 0.3) is 0 Å². The van der Waals surface area contributed by atoms with Gasteiger partial charge in [0.2, 0.25) is 17.7 Å². The number of nitrogens with one attached hydrogen (secondary N) is 4. The number of nitrogens with two attached hydrogens (primary N) is 1. The summed E-state index contributed by atoms with van der Waals surface area (Å²) in [6.45, 7) is 4.05. The van der Waals surface area contributed by atoms with Crippen LogP contribution in [0.3, 0.4) is 0 Å². The molecule has 54 heavy (non-hydrogen) atoms. The number of aromatic hydroxyl groups is 1. The van der Waals surface area contributed by atoms with E-state index in [9.17, 15) is 24.6 Å². The molecule has 4 bridgehead atoms. The Bertz CT molecular complexity index is 1900. The molecule has 288 valence electrons. The van der Waals surface area contributed by atoms with Crippen molar-refractivity contribution in [3.8, 4) is 5.75 Å². The van der Waals surface area contributed by atoms with Gasteiger partial charge in [-0.05, 0) is 117 Å². The number of amides is 3. The number of hydrogen-bond donors (Lipinski definition) is 7. The average molecular weight is 743 g/mol. The van der Waals surface area contributed by atoms with Crippen molar-refractivity contribution in [2.45, 2.75) is 109 Å². The van der Waals surface area contributed by atoms with Crippen LogP contribution in [0.4, 0.5) is 10.7 Å². The van der Waals surface area contributed by atoms with Crippen LogP contribution >= 0.6 is 0 Å². The molecule has 16 nitrogen and oxygen atoms in total. The predicted octanol–water partition coefficient (Wildman–Crippen LogP) is 3.90. The molecule has 3 aromatic heterocycles. The summed E-state index contributed by atoms with van der Waals surface area (Å²) in [5.74, 6) is 2.42. The predicted molar refractivity (Wildman–Crippen MR) is 196 cm³/mol. The van der Waals surface area contributed by atoms with Gasteiger partial charge in [0.15, 0.2) is 11.8 Å². The van der Waals surface area contributed by atoms with Crippen molar-refractivity contribution in [3.05, 3.63) is 71.1 Å². The van der Waals surface area contributed by atoms with Crippen molar-refractivity contribution in [2.75, 3.05) is 5.73 Å². The maximum atomic E-state index is 14.4. The van der Waals surface area contributed by atoms with E-state index < -0.39 is 36.0 Å². The molecule has 0 saturated heterocycles. The third-order valence-corrected chi connectivity index (χ3v) is 11.7. The molecule has 4 aliphatic rings. The highest BCUT2D eigenvalue weighted by Crippen LogP contribution is 2.60. The third kappa shape index (κ3) is 8.52. The molecular formula is C38H50N10O6. The second-order valence-electron chi connectivity index (χ2n) is 15.9. The number of carbonyl (C=O) groups is 3. The first-order valence-electron chi connectivity index (χ1n) is 18.9. The summed E-state index contributed by atoms with van der Waals surface area (Å²) in [5.41, 5.74) is 8.96. The van der Waals surface area contributed by atoms with Crippen LogP contribution < -0.4 is 21.7 Å². The first-order valence-corrected chi connectivity index (χ1v) is 18.9. The molecule has 4 saturated carbocycles. The van der Waals surface area contributed by atoms with Crippen molar-refractivity contribution in [1.82, 2.24) is 45.6 Å². The molecule has 4 aliphatic carbocycles. The monoisotopic (exact) mass is 742 g/mol. The standard InChI is InChI=1S/C38H50N10O6/c1-21-8-27(49)9-22(2)28(21)14-30(43-33(50)29(45-37(52)53)4-3-6-48-7-5-41-36(48)39)34(51)44-31(13-26-19-40-20-42-26)35-46-32(47-54-35)18-38-15-23-10-24(16-38)12-25(11-23)17-38/h5,7-9,19-20,23-25,29-31,45,49H,3-4,6,10-18H2,1-2H3,(H2,39,41)(H,40,42)(H,43,50)(H,44,51)(H,52,53). The van der Waals surface area contributed by atoms with Gasteiger partial charge < -0.3 is 46.0 Å². The number of aromatic amines is 1. The second kappa shape index (κ2) is 15.5. The summed E-state index contributed by atoms with van der Waals surface area (Å²) in [6.07, 6.45) is 14.4. The molecule has 3 unspecified atom stereocenters. The Labute approximate surface area is 313 Å². The molecule has 3 amide bonds. The van der Waals surface area contributed by atoms with Crippen LogP contribution in [-0.2, 0) is 35.4 Å². The SMILES string of the molecule is Cc1cc(O)cc(C)c1CC(NC(=O)C(CCCn1ccnc1N)NC(=O)O)C(=O)NC(Cc1c[nH]cn1)c1nc(CC23CC4CC(CC(C4)C2)C3)no1. The average Bonchev–Trinajstić information content (AvgIpc) is 3.87. The Balaban J connectivity index is 1.11. The van der Waals surface area contributed by atoms with Gasteiger partial charge >= 0.3 is 6.09 Å². The molecule has 4 aromatic rings. The van der Waals surface area contributed by atoms with E-state index in [2.05, 4.69) is 36.1 Å². The number of rotatable bonds is 16. The van der Waals surface area contributed by atoms with Crippen LogP contribution in [0.1, 0.15) is 91.5 Å². The van der Waals surface area contributed by atoms with Crippen LogP contribution in [0.25, 0.3) is 0 Å². The quantitative estimate of drug-likeness (QED) is 0.0869. The number of carbonyl (C=O) groups excluding carboxylic acids is 2. The molecule has 8 N–H and O–H groups in total. The Morgan fingerprint density at radius 3 is 2.30 bits per heavy atom. The Morgan fingerprint density at radius 2 is 1.69 bits per heavy atom. The first kappa shape index (κ1) is 36.9. The highest BCUT2D eigenvalue weighted by molar-refractivity contribution is 5.91. The molecule has 16 heteroatoms. The number of H-pyrrole nitrogens is 1. The molecule has 0 aliphatic heterocycles. The Morgan fingerprint density at radius 1 is 1.00 bits per heavy atom. The summed E-state index contributed by atoms with van der Waals surface area (Å²) in [7, 11) is 0. The van der Waals surface area contributed by atoms with Gasteiger partial charge in [-0.1, -0.05) is 5.16 Å². The molecule has 0 radical (unpaired) electrons. The van der Waals surface area contributed by atoms with Crippen molar-refractivity contribution >= 4 is 23.9 Å². The minimum absolute atomic E-state index is 0.0666. The highest BCUT2D eigenvalue weighted by Gasteiger charge is 2.51. The molecular weight excluding hydrogens is 692 g/mol. The van der Waals surface area contributed by atoms with E-state index in [0.717, 1.165) is 40.9 Å². The topological polar surface area (TPSA) is 239 Å². The lowest BCUT2D eigenvalue weighted by molar-refractivity contribution is -0.130. The molecule has 8 rings (SSSR count). The number of hydrogen-bond acceptors (Lipinski definition) is 10. The first-order chi connectivity index (χ1) is 25.9. The molecule has 3 atom stereocenters. The number of imidazole rings is 2. The lowest BCUT2D eigenvalue weighted by atomic mass is 9.49. The van der Waals surface area contributed by atoms with Crippen LogP contribution in [0.15, 0.2) is 41.6 Å². The van der Waals surface area contributed by atoms with E-state index in [1.54, 1.807) is 41.6 Å². The minimum atomic E-state index is -1.37. The van der Waals surface area contributed by atoms with E-state index >= 15 is 0 Å². The fraction of sp³-hybridized carbons (Fsp3) is 0.553. The number of aromatic nitrogens is 6. The van der Waals surface area contributed by atoms with Crippen LogP contribution in [-0.4, -0.2) is 69.9 Å². The summed E-state index contributed by atoms with van der Waals surface area (Å²) < 4.78 is 7.57. The molecule has 0 spiro atoms.